The largest absolute Gasteiger partial charge is 0.497 e. The Balaban J connectivity index is 2.06. The number of aromatic nitrogens is 2. The van der Waals surface area contributed by atoms with Crippen molar-refractivity contribution in [1.29, 1.82) is 0 Å². The molecule has 6 nitrogen and oxygen atoms in total. The maximum Gasteiger partial charge on any atom is 0.309 e. The number of aryl methyl sites for hydroxylation is 1. The predicted octanol–water partition coefficient (Wildman–Crippen LogP) is 5.03. The summed E-state index contributed by atoms with van der Waals surface area (Å²) in [6.07, 6.45) is 0. The van der Waals surface area contributed by atoms with Crippen LogP contribution < -0.4 is 15.2 Å². The van der Waals surface area contributed by atoms with Gasteiger partial charge in [-0.1, -0.05) is 42.5 Å². The van der Waals surface area contributed by atoms with Crippen LogP contribution in [-0.4, -0.2) is 22.9 Å². The fourth-order valence-electron chi connectivity index (χ4n) is 3.48. The number of hydrogen-bond acceptors (Lipinski definition) is 5. The first kappa shape index (κ1) is 20.2. The summed E-state index contributed by atoms with van der Waals surface area (Å²) in [7, 11) is 1.62. The van der Waals surface area contributed by atoms with Crippen molar-refractivity contribution in [2.75, 3.05) is 12.8 Å². The minimum absolute atomic E-state index is 0.351. The summed E-state index contributed by atoms with van der Waals surface area (Å²) < 4.78 is 12.8. The van der Waals surface area contributed by atoms with E-state index in [4.69, 9.17) is 20.3 Å². The lowest BCUT2D eigenvalue weighted by Crippen LogP contribution is -2.09. The Kier molecular flexibility index (Phi) is 5.45. The van der Waals surface area contributed by atoms with Gasteiger partial charge in [-0.05, 0) is 48.4 Å². The molecule has 0 atom stereocenters. The lowest BCUT2D eigenvalue weighted by Gasteiger charge is -2.11. The Hall–Kier alpha value is -4.06. The van der Waals surface area contributed by atoms with Gasteiger partial charge in [-0.15, -0.1) is 0 Å². The van der Waals surface area contributed by atoms with Gasteiger partial charge in [-0.2, -0.15) is 9.78 Å². The van der Waals surface area contributed by atoms with Crippen LogP contribution in [0.5, 0.6) is 11.6 Å². The van der Waals surface area contributed by atoms with Gasteiger partial charge in [0.05, 0.1) is 18.4 Å². The monoisotopic (exact) mass is 413 g/mol. The summed E-state index contributed by atoms with van der Waals surface area (Å²) in [6.45, 7) is 3.37. The number of ether oxygens (including phenoxy) is 2. The van der Waals surface area contributed by atoms with Crippen LogP contribution in [0.15, 0.2) is 72.8 Å². The molecule has 0 amide bonds. The van der Waals surface area contributed by atoms with Crippen LogP contribution >= 0.6 is 0 Å². The Labute approximate surface area is 180 Å². The van der Waals surface area contributed by atoms with E-state index in [1.54, 1.807) is 11.8 Å². The molecule has 0 unspecified atom stereocenters. The SMILES string of the molecule is COc1cccc(-c2nn(-c3ccccc3C)c(OC(C)=O)c2-c2ccc(N)cc2)c1. The van der Waals surface area contributed by atoms with E-state index < -0.39 is 5.97 Å². The molecule has 0 aliphatic carbocycles. The highest BCUT2D eigenvalue weighted by atomic mass is 16.5. The first-order chi connectivity index (χ1) is 15.0. The fraction of sp³-hybridized carbons (Fsp3) is 0.120. The van der Waals surface area contributed by atoms with Crippen molar-refractivity contribution in [3.8, 4) is 39.7 Å². The van der Waals surface area contributed by atoms with Gasteiger partial charge in [0.15, 0.2) is 0 Å². The summed E-state index contributed by atoms with van der Waals surface area (Å²) in [5, 5.41) is 4.89. The van der Waals surface area contributed by atoms with Crippen LogP contribution in [-0.2, 0) is 4.79 Å². The molecule has 4 aromatic rings. The van der Waals surface area contributed by atoms with E-state index in [0.29, 0.717) is 28.6 Å². The molecule has 0 saturated heterocycles. The summed E-state index contributed by atoms with van der Waals surface area (Å²) in [5.41, 5.74) is 11.4. The molecule has 0 aliphatic heterocycles. The van der Waals surface area contributed by atoms with E-state index in [1.807, 2.05) is 79.7 Å². The molecule has 0 bridgehead atoms. The molecule has 0 aliphatic rings. The number of nitrogens with zero attached hydrogens (tertiary/aromatic N) is 2. The van der Waals surface area contributed by atoms with Crippen LogP contribution in [0.25, 0.3) is 28.1 Å². The zero-order valence-corrected chi connectivity index (χ0v) is 17.6. The summed E-state index contributed by atoms with van der Waals surface area (Å²) in [4.78, 5) is 12.1. The molecule has 0 radical (unpaired) electrons. The molecular formula is C25H23N3O3. The summed E-state index contributed by atoms with van der Waals surface area (Å²) in [6, 6.07) is 22.9. The number of methoxy groups -OCH3 is 1. The average Bonchev–Trinajstić information content (AvgIpc) is 3.13. The quantitative estimate of drug-likeness (QED) is 0.367. The van der Waals surface area contributed by atoms with Gasteiger partial charge in [0.2, 0.25) is 5.88 Å². The number of hydrogen-bond donors (Lipinski definition) is 1. The normalized spacial score (nSPS) is 10.7. The van der Waals surface area contributed by atoms with E-state index in [0.717, 1.165) is 22.4 Å². The van der Waals surface area contributed by atoms with E-state index in [-0.39, 0.29) is 0 Å². The summed E-state index contributed by atoms with van der Waals surface area (Å²) in [5.74, 6) is 0.633. The van der Waals surface area contributed by atoms with E-state index in [9.17, 15) is 4.79 Å². The minimum atomic E-state index is -0.427. The Bertz CT molecular complexity index is 1240. The third-order valence-corrected chi connectivity index (χ3v) is 4.97. The number of benzene rings is 3. The Morgan fingerprint density at radius 3 is 2.39 bits per heavy atom. The first-order valence-corrected chi connectivity index (χ1v) is 9.85. The molecule has 1 aromatic heterocycles. The second-order valence-corrected chi connectivity index (χ2v) is 7.17. The van der Waals surface area contributed by atoms with Crippen molar-refractivity contribution in [3.63, 3.8) is 0 Å². The van der Waals surface area contributed by atoms with Gasteiger partial charge >= 0.3 is 5.97 Å². The van der Waals surface area contributed by atoms with Crippen LogP contribution in [0.3, 0.4) is 0 Å². The predicted molar refractivity (Wildman–Crippen MR) is 121 cm³/mol. The minimum Gasteiger partial charge on any atom is -0.497 e. The molecule has 0 saturated carbocycles. The molecule has 4 rings (SSSR count). The number of carbonyl (C=O) groups is 1. The van der Waals surface area contributed by atoms with Crippen LogP contribution in [0.1, 0.15) is 12.5 Å². The Morgan fingerprint density at radius 1 is 0.968 bits per heavy atom. The second kappa shape index (κ2) is 8.36. The number of anilines is 1. The number of nitrogens with two attached hydrogens (primary N) is 1. The van der Waals surface area contributed by atoms with Crippen LogP contribution in [0, 0.1) is 6.92 Å². The molecule has 2 N–H and O–H groups in total. The van der Waals surface area contributed by atoms with Crippen LogP contribution in [0.2, 0.25) is 0 Å². The van der Waals surface area contributed by atoms with Gasteiger partial charge < -0.3 is 15.2 Å². The number of para-hydroxylation sites is 1. The van der Waals surface area contributed by atoms with Gasteiger partial charge in [-0.3, -0.25) is 4.79 Å². The van der Waals surface area contributed by atoms with Gasteiger partial charge in [0.1, 0.15) is 11.4 Å². The van der Waals surface area contributed by atoms with Crippen LogP contribution in [0.4, 0.5) is 5.69 Å². The number of rotatable bonds is 5. The molecule has 0 spiro atoms. The molecule has 6 heteroatoms. The zero-order chi connectivity index (χ0) is 22.0. The molecule has 1 heterocycles. The van der Waals surface area contributed by atoms with E-state index in [1.165, 1.54) is 6.92 Å². The van der Waals surface area contributed by atoms with E-state index >= 15 is 0 Å². The van der Waals surface area contributed by atoms with Crippen molar-refractivity contribution >= 4 is 11.7 Å². The smallest absolute Gasteiger partial charge is 0.309 e. The number of nitrogen functional groups attached to an aromatic ring is 1. The van der Waals surface area contributed by atoms with Gasteiger partial charge in [0.25, 0.3) is 0 Å². The molecule has 0 fully saturated rings. The van der Waals surface area contributed by atoms with Gasteiger partial charge in [0, 0.05) is 18.2 Å². The van der Waals surface area contributed by atoms with Crippen molar-refractivity contribution in [3.05, 3.63) is 78.4 Å². The standard InChI is InChI=1S/C25H23N3O3/c1-16-7-4-5-10-22(16)28-25(31-17(2)29)23(18-11-13-20(26)14-12-18)24(27-28)19-8-6-9-21(15-19)30-3/h4-15H,26H2,1-3H3. The third-order valence-electron chi connectivity index (χ3n) is 4.97. The van der Waals surface area contributed by atoms with Crippen molar-refractivity contribution in [1.82, 2.24) is 9.78 Å². The molecule has 156 valence electrons. The lowest BCUT2D eigenvalue weighted by molar-refractivity contribution is -0.132. The maximum atomic E-state index is 12.1. The lowest BCUT2D eigenvalue weighted by atomic mass is 10.0. The highest BCUT2D eigenvalue weighted by Crippen LogP contribution is 2.42. The molecule has 31 heavy (non-hydrogen) atoms. The number of carbonyl (C=O) groups excluding carboxylic acids is 1. The first-order valence-electron chi connectivity index (χ1n) is 9.85. The van der Waals surface area contributed by atoms with Crippen molar-refractivity contribution in [2.24, 2.45) is 0 Å². The average molecular weight is 413 g/mol. The highest BCUT2D eigenvalue weighted by molar-refractivity contribution is 5.88. The maximum absolute atomic E-state index is 12.1. The Morgan fingerprint density at radius 2 is 1.71 bits per heavy atom. The zero-order valence-electron chi connectivity index (χ0n) is 17.6. The van der Waals surface area contributed by atoms with Crippen molar-refractivity contribution in [2.45, 2.75) is 13.8 Å². The molecule has 3 aromatic carbocycles. The second-order valence-electron chi connectivity index (χ2n) is 7.17. The summed E-state index contributed by atoms with van der Waals surface area (Å²) >= 11 is 0. The fourth-order valence-corrected chi connectivity index (χ4v) is 3.48. The third kappa shape index (κ3) is 4.00. The van der Waals surface area contributed by atoms with E-state index in [2.05, 4.69) is 0 Å². The van der Waals surface area contributed by atoms with Gasteiger partial charge in [-0.25, -0.2) is 0 Å². The topological polar surface area (TPSA) is 79.4 Å². The molecular weight excluding hydrogens is 390 g/mol. The van der Waals surface area contributed by atoms with Crippen molar-refractivity contribution < 1.29 is 14.3 Å². The number of esters is 1. The highest BCUT2D eigenvalue weighted by Gasteiger charge is 2.25.